The molecule has 0 amide bonds. The summed E-state index contributed by atoms with van der Waals surface area (Å²) in [4.78, 5) is 0.976. The summed E-state index contributed by atoms with van der Waals surface area (Å²) in [6.45, 7) is 0. The summed E-state index contributed by atoms with van der Waals surface area (Å²) in [5, 5.41) is 22.3. The van der Waals surface area contributed by atoms with E-state index in [4.69, 9.17) is 0 Å². The zero-order chi connectivity index (χ0) is 10.1. The lowest BCUT2D eigenvalue weighted by molar-refractivity contribution is 0.137. The number of aromatic hydroxyl groups is 1. The molecule has 0 spiro atoms. The first-order valence-electron chi connectivity index (χ1n) is 4.53. The smallest absolute Gasteiger partial charge is 0.116 e. The number of aliphatic hydroxyl groups excluding tert-OH is 1. The van der Waals surface area contributed by atoms with Gasteiger partial charge in [0.05, 0.1) is 6.10 Å². The van der Waals surface area contributed by atoms with Gasteiger partial charge in [0.15, 0.2) is 0 Å². The molecule has 1 aromatic carbocycles. The Morgan fingerprint density at radius 2 is 2.29 bits per heavy atom. The number of rotatable bonds is 1. The molecule has 1 aliphatic heterocycles. The lowest BCUT2D eigenvalue weighted by Gasteiger charge is -2.29. The maximum atomic E-state index is 9.95. The van der Waals surface area contributed by atoms with Crippen LogP contribution in [0.25, 0.3) is 0 Å². The van der Waals surface area contributed by atoms with Crippen molar-refractivity contribution in [2.75, 3.05) is 12.8 Å². The normalized spacial score (nSPS) is 25.9. The van der Waals surface area contributed by atoms with Crippen LogP contribution in [0.4, 0.5) is 0 Å². The summed E-state index contributed by atoms with van der Waals surface area (Å²) in [6.07, 6.45) is -0.475. The van der Waals surface area contributed by atoms with E-state index in [9.17, 15) is 10.2 Å². The van der Waals surface area contributed by atoms with Crippen LogP contribution < -0.4 is 5.32 Å². The van der Waals surface area contributed by atoms with Gasteiger partial charge in [0.2, 0.25) is 0 Å². The molecule has 2 atom stereocenters. The summed E-state index contributed by atoms with van der Waals surface area (Å²) in [6, 6.07) is 5.19. The molecule has 2 unspecified atom stereocenters. The lowest BCUT2D eigenvalue weighted by Crippen LogP contribution is -2.36. The second-order valence-corrected chi connectivity index (χ2v) is 4.43. The Kier molecular flexibility index (Phi) is 2.67. The molecule has 2 rings (SSSR count). The van der Waals surface area contributed by atoms with Crippen molar-refractivity contribution in [2.45, 2.75) is 17.0 Å². The van der Waals surface area contributed by atoms with Gasteiger partial charge in [-0.1, -0.05) is 6.07 Å². The van der Waals surface area contributed by atoms with Gasteiger partial charge in [-0.2, -0.15) is 0 Å². The van der Waals surface area contributed by atoms with Crippen molar-refractivity contribution >= 4 is 11.8 Å². The van der Waals surface area contributed by atoms with Crippen LogP contribution in [0.3, 0.4) is 0 Å². The molecule has 0 radical (unpaired) electrons. The second-order valence-electron chi connectivity index (χ2n) is 3.37. The molecule has 0 bridgehead atoms. The van der Waals surface area contributed by atoms with Gasteiger partial charge in [-0.05, 0) is 24.7 Å². The van der Waals surface area contributed by atoms with E-state index in [2.05, 4.69) is 5.32 Å². The van der Waals surface area contributed by atoms with Crippen LogP contribution in [0.5, 0.6) is 5.75 Å². The van der Waals surface area contributed by atoms with E-state index in [0.717, 1.165) is 16.2 Å². The van der Waals surface area contributed by atoms with E-state index in [1.807, 2.05) is 7.05 Å². The Morgan fingerprint density at radius 1 is 1.50 bits per heavy atom. The number of aliphatic hydroxyl groups is 1. The fraction of sp³-hybridized carbons (Fsp3) is 0.400. The SMILES string of the molecule is CNC1CSc2cc(O)ccc2C1O. The van der Waals surface area contributed by atoms with E-state index in [1.165, 1.54) is 0 Å². The van der Waals surface area contributed by atoms with E-state index < -0.39 is 6.10 Å². The minimum atomic E-state index is -0.475. The topological polar surface area (TPSA) is 52.5 Å². The Bertz CT molecular complexity index is 343. The van der Waals surface area contributed by atoms with Gasteiger partial charge in [0.1, 0.15) is 5.75 Å². The summed E-state index contributed by atoms with van der Waals surface area (Å²) in [5.41, 5.74) is 0.901. The third-order valence-electron chi connectivity index (χ3n) is 2.49. The highest BCUT2D eigenvalue weighted by atomic mass is 32.2. The molecule has 1 aliphatic rings. The van der Waals surface area contributed by atoms with Crippen molar-refractivity contribution in [1.29, 1.82) is 0 Å². The predicted octanol–water partition coefficient (Wildman–Crippen LogP) is 1.12. The quantitative estimate of drug-likeness (QED) is 0.651. The first-order valence-corrected chi connectivity index (χ1v) is 5.52. The number of likely N-dealkylation sites (N-methyl/N-ethyl adjacent to an activating group) is 1. The molecule has 1 aromatic rings. The minimum Gasteiger partial charge on any atom is -0.508 e. The third-order valence-corrected chi connectivity index (χ3v) is 3.68. The summed E-state index contributed by atoms with van der Waals surface area (Å²) in [5.74, 6) is 1.08. The van der Waals surface area contributed by atoms with Gasteiger partial charge in [0, 0.05) is 16.7 Å². The lowest BCUT2D eigenvalue weighted by atomic mass is 10.0. The molecule has 0 saturated heterocycles. The first kappa shape index (κ1) is 9.83. The van der Waals surface area contributed by atoms with Gasteiger partial charge in [0.25, 0.3) is 0 Å². The van der Waals surface area contributed by atoms with Crippen LogP contribution in [0, 0.1) is 0 Å². The highest BCUT2D eigenvalue weighted by Gasteiger charge is 2.27. The molecule has 0 saturated carbocycles. The van der Waals surface area contributed by atoms with Gasteiger partial charge < -0.3 is 15.5 Å². The Balaban J connectivity index is 2.36. The van der Waals surface area contributed by atoms with Crippen molar-refractivity contribution in [3.8, 4) is 5.75 Å². The number of fused-ring (bicyclic) bond motifs is 1. The fourth-order valence-corrected chi connectivity index (χ4v) is 2.89. The van der Waals surface area contributed by atoms with Gasteiger partial charge >= 0.3 is 0 Å². The molecule has 3 N–H and O–H groups in total. The molecular weight excluding hydrogens is 198 g/mol. The number of benzene rings is 1. The molecule has 0 fully saturated rings. The van der Waals surface area contributed by atoms with Gasteiger partial charge in [-0.25, -0.2) is 0 Å². The van der Waals surface area contributed by atoms with Crippen molar-refractivity contribution in [3.05, 3.63) is 23.8 Å². The molecule has 1 heterocycles. The molecule has 14 heavy (non-hydrogen) atoms. The fourth-order valence-electron chi connectivity index (χ4n) is 1.62. The third kappa shape index (κ3) is 1.61. The molecule has 76 valence electrons. The average Bonchev–Trinajstić information content (AvgIpc) is 2.18. The number of hydrogen-bond donors (Lipinski definition) is 3. The van der Waals surface area contributed by atoms with Crippen LogP contribution in [-0.2, 0) is 0 Å². The minimum absolute atomic E-state index is 0.0945. The zero-order valence-corrected chi connectivity index (χ0v) is 8.71. The number of hydrogen-bond acceptors (Lipinski definition) is 4. The maximum Gasteiger partial charge on any atom is 0.116 e. The van der Waals surface area contributed by atoms with Crippen LogP contribution in [0.2, 0.25) is 0 Å². The average molecular weight is 211 g/mol. The molecular formula is C10H13NO2S. The highest BCUT2D eigenvalue weighted by molar-refractivity contribution is 7.99. The van der Waals surface area contributed by atoms with Crippen LogP contribution >= 0.6 is 11.8 Å². The number of nitrogens with one attached hydrogen (secondary N) is 1. The zero-order valence-electron chi connectivity index (χ0n) is 7.90. The molecule has 3 nitrogen and oxygen atoms in total. The van der Waals surface area contributed by atoms with Crippen LogP contribution in [-0.4, -0.2) is 29.1 Å². The summed E-state index contributed by atoms with van der Waals surface area (Å²) < 4.78 is 0. The number of phenols is 1. The number of phenolic OH excluding ortho intramolecular Hbond substituents is 1. The van der Waals surface area contributed by atoms with E-state index in [0.29, 0.717) is 0 Å². The first-order chi connectivity index (χ1) is 6.72. The second kappa shape index (κ2) is 3.81. The monoisotopic (exact) mass is 211 g/mol. The Labute approximate surface area is 87.1 Å². The molecule has 4 heteroatoms. The van der Waals surface area contributed by atoms with Crippen LogP contribution in [0.1, 0.15) is 11.7 Å². The largest absolute Gasteiger partial charge is 0.508 e. The van der Waals surface area contributed by atoms with Crippen LogP contribution in [0.15, 0.2) is 23.1 Å². The van der Waals surface area contributed by atoms with Gasteiger partial charge in [-0.3, -0.25) is 0 Å². The standard InChI is InChI=1S/C10H13NO2S/c1-11-8-5-14-9-4-6(12)2-3-7(9)10(8)13/h2-4,8,10-13H,5H2,1H3. The van der Waals surface area contributed by atoms with Crippen molar-refractivity contribution < 1.29 is 10.2 Å². The van der Waals surface area contributed by atoms with E-state index >= 15 is 0 Å². The molecule has 0 aromatic heterocycles. The summed E-state index contributed by atoms with van der Waals surface area (Å²) in [7, 11) is 1.85. The Morgan fingerprint density at radius 3 is 3.00 bits per heavy atom. The molecule has 0 aliphatic carbocycles. The van der Waals surface area contributed by atoms with Gasteiger partial charge in [-0.15, -0.1) is 11.8 Å². The van der Waals surface area contributed by atoms with Crippen molar-refractivity contribution in [1.82, 2.24) is 5.32 Å². The highest BCUT2D eigenvalue weighted by Crippen LogP contribution is 2.37. The maximum absolute atomic E-state index is 9.95. The predicted molar refractivity (Wildman–Crippen MR) is 56.6 cm³/mol. The Hall–Kier alpha value is -0.710. The van der Waals surface area contributed by atoms with E-state index in [-0.39, 0.29) is 11.8 Å². The van der Waals surface area contributed by atoms with E-state index in [1.54, 1.807) is 30.0 Å². The number of thioether (sulfide) groups is 1. The van der Waals surface area contributed by atoms with Crippen molar-refractivity contribution in [2.24, 2.45) is 0 Å². The summed E-state index contributed by atoms with van der Waals surface area (Å²) >= 11 is 1.66. The van der Waals surface area contributed by atoms with Crippen molar-refractivity contribution in [3.63, 3.8) is 0 Å².